The Morgan fingerprint density at radius 3 is 2.56 bits per heavy atom. The van der Waals surface area contributed by atoms with E-state index in [1.54, 1.807) is 41.2 Å². The van der Waals surface area contributed by atoms with Crippen LogP contribution >= 0.6 is 11.6 Å². The number of aliphatic carboxylic acids is 2. The SMILES string of the molecule is C#CC1CC(n2cnc3c(N4CCOCC4)nc(Cl)nc32)OC1COC(Cc1ccccc1)(C(=O)O)C(=O)O. The van der Waals surface area contributed by atoms with Crippen molar-refractivity contribution in [1.82, 2.24) is 19.5 Å². The molecule has 2 aliphatic heterocycles. The second-order valence-corrected chi connectivity index (χ2v) is 9.63. The molecular formula is C26H26ClN5O7. The Balaban J connectivity index is 1.38. The van der Waals surface area contributed by atoms with E-state index in [0.29, 0.717) is 55.3 Å². The van der Waals surface area contributed by atoms with E-state index in [4.69, 9.17) is 32.2 Å². The number of benzene rings is 1. The molecule has 0 bridgehead atoms. The van der Waals surface area contributed by atoms with E-state index in [2.05, 4.69) is 20.9 Å². The van der Waals surface area contributed by atoms with Crippen LogP contribution in [0.25, 0.3) is 11.2 Å². The number of imidazole rings is 1. The first-order valence-electron chi connectivity index (χ1n) is 12.3. The predicted octanol–water partition coefficient (Wildman–Crippen LogP) is 2.02. The van der Waals surface area contributed by atoms with Crippen LogP contribution in [0.3, 0.4) is 0 Å². The average molecular weight is 556 g/mol. The molecule has 2 fully saturated rings. The van der Waals surface area contributed by atoms with Crippen LogP contribution in [0.4, 0.5) is 5.82 Å². The van der Waals surface area contributed by atoms with E-state index in [9.17, 15) is 19.8 Å². The van der Waals surface area contributed by atoms with Crippen molar-refractivity contribution in [1.29, 1.82) is 0 Å². The van der Waals surface area contributed by atoms with Crippen molar-refractivity contribution in [2.24, 2.45) is 5.92 Å². The van der Waals surface area contributed by atoms with Crippen molar-refractivity contribution in [3.05, 3.63) is 47.5 Å². The number of anilines is 1. The molecule has 4 heterocycles. The minimum atomic E-state index is -2.52. The summed E-state index contributed by atoms with van der Waals surface area (Å²) in [5, 5.41) is 19.8. The lowest BCUT2D eigenvalue weighted by molar-refractivity contribution is -0.188. The first kappa shape index (κ1) is 26.8. The van der Waals surface area contributed by atoms with Gasteiger partial charge in [0.25, 0.3) is 5.60 Å². The largest absolute Gasteiger partial charge is 0.479 e. The first-order chi connectivity index (χ1) is 18.8. The van der Waals surface area contributed by atoms with Crippen LogP contribution in [-0.2, 0) is 30.2 Å². The molecule has 0 saturated carbocycles. The molecule has 5 rings (SSSR count). The van der Waals surface area contributed by atoms with Crippen LogP contribution in [0.15, 0.2) is 36.7 Å². The molecule has 2 N–H and O–H groups in total. The summed E-state index contributed by atoms with van der Waals surface area (Å²) in [7, 11) is 0. The van der Waals surface area contributed by atoms with Gasteiger partial charge in [0, 0.05) is 25.9 Å². The number of rotatable bonds is 9. The Bertz CT molecular complexity index is 1390. The Kier molecular flexibility index (Phi) is 7.67. The quantitative estimate of drug-likeness (QED) is 0.227. The average Bonchev–Trinajstić information content (AvgIpc) is 3.55. The summed E-state index contributed by atoms with van der Waals surface area (Å²) in [5.74, 6) is -0.472. The molecule has 1 aromatic carbocycles. The van der Waals surface area contributed by atoms with E-state index < -0.39 is 35.8 Å². The highest BCUT2D eigenvalue weighted by molar-refractivity contribution is 6.28. The van der Waals surface area contributed by atoms with Crippen LogP contribution in [0, 0.1) is 18.3 Å². The molecule has 2 saturated heterocycles. The lowest BCUT2D eigenvalue weighted by Crippen LogP contribution is -2.52. The maximum atomic E-state index is 12.2. The van der Waals surface area contributed by atoms with Gasteiger partial charge in [-0.2, -0.15) is 9.97 Å². The summed E-state index contributed by atoms with van der Waals surface area (Å²) in [6.07, 6.45) is 5.91. The zero-order chi connectivity index (χ0) is 27.6. The molecule has 3 atom stereocenters. The van der Waals surface area contributed by atoms with Gasteiger partial charge in [-0.25, -0.2) is 14.6 Å². The van der Waals surface area contributed by atoms with E-state index in [1.165, 1.54) is 0 Å². The van der Waals surface area contributed by atoms with Crippen molar-refractivity contribution in [2.45, 2.75) is 30.8 Å². The number of terminal acetylenes is 1. The number of nitrogens with zero attached hydrogens (tertiary/aromatic N) is 5. The second kappa shape index (κ2) is 11.2. The fourth-order valence-electron chi connectivity index (χ4n) is 4.84. The monoisotopic (exact) mass is 555 g/mol. The molecule has 3 unspecified atom stereocenters. The first-order valence-corrected chi connectivity index (χ1v) is 12.7. The zero-order valence-electron chi connectivity index (χ0n) is 20.8. The molecule has 0 aliphatic carbocycles. The van der Waals surface area contributed by atoms with Gasteiger partial charge in [0.1, 0.15) is 6.23 Å². The van der Waals surface area contributed by atoms with E-state index in [-0.39, 0.29) is 18.3 Å². The molecule has 2 aromatic heterocycles. The predicted molar refractivity (Wildman–Crippen MR) is 138 cm³/mol. The number of carbonyl (C=O) groups is 2. The molecule has 0 spiro atoms. The lowest BCUT2D eigenvalue weighted by Gasteiger charge is -2.28. The maximum Gasteiger partial charge on any atom is 0.348 e. The van der Waals surface area contributed by atoms with Crippen molar-refractivity contribution < 1.29 is 34.0 Å². The summed E-state index contributed by atoms with van der Waals surface area (Å²) < 4.78 is 18.9. The molecule has 12 nitrogen and oxygen atoms in total. The number of ether oxygens (including phenoxy) is 3. The fraction of sp³-hybridized carbons (Fsp3) is 0.423. The van der Waals surface area contributed by atoms with Crippen molar-refractivity contribution in [3.63, 3.8) is 0 Å². The second-order valence-electron chi connectivity index (χ2n) is 9.29. The molecule has 0 amide bonds. The number of aromatic nitrogens is 4. The van der Waals surface area contributed by atoms with E-state index >= 15 is 0 Å². The third kappa shape index (κ3) is 5.26. The van der Waals surface area contributed by atoms with Gasteiger partial charge in [-0.1, -0.05) is 30.3 Å². The van der Waals surface area contributed by atoms with Gasteiger partial charge in [-0.05, 0) is 17.2 Å². The molecule has 13 heteroatoms. The summed E-state index contributed by atoms with van der Waals surface area (Å²) >= 11 is 6.26. The number of carboxylic acids is 2. The van der Waals surface area contributed by atoms with E-state index in [0.717, 1.165) is 0 Å². The van der Waals surface area contributed by atoms with Crippen LogP contribution < -0.4 is 4.90 Å². The number of hydrogen-bond acceptors (Lipinski definition) is 9. The van der Waals surface area contributed by atoms with Gasteiger partial charge in [-0.15, -0.1) is 12.3 Å². The van der Waals surface area contributed by atoms with Gasteiger partial charge < -0.3 is 29.3 Å². The van der Waals surface area contributed by atoms with Gasteiger partial charge in [0.15, 0.2) is 17.0 Å². The normalized spacial score (nSPS) is 21.6. The summed E-state index contributed by atoms with van der Waals surface area (Å²) in [5.41, 5.74) is -1.02. The molecule has 204 valence electrons. The summed E-state index contributed by atoms with van der Waals surface area (Å²) in [4.78, 5) is 39.6. The molecule has 39 heavy (non-hydrogen) atoms. The Morgan fingerprint density at radius 1 is 1.18 bits per heavy atom. The van der Waals surface area contributed by atoms with E-state index in [1.807, 2.05) is 4.90 Å². The third-order valence-electron chi connectivity index (χ3n) is 6.93. The number of hydrogen-bond donors (Lipinski definition) is 2. The fourth-order valence-corrected chi connectivity index (χ4v) is 5.00. The van der Waals surface area contributed by atoms with Gasteiger partial charge in [0.05, 0.1) is 38.2 Å². The highest BCUT2D eigenvalue weighted by Crippen LogP contribution is 2.37. The van der Waals surface area contributed by atoms with Crippen LogP contribution in [-0.4, -0.2) is 86.3 Å². The number of morpholine rings is 1. The lowest BCUT2D eigenvalue weighted by atomic mass is 9.94. The zero-order valence-corrected chi connectivity index (χ0v) is 21.5. The summed E-state index contributed by atoms with van der Waals surface area (Å²) in [6.45, 7) is 2.02. The topological polar surface area (TPSA) is 149 Å². The number of carboxylic acid groups (broad SMARTS) is 2. The van der Waals surface area contributed by atoms with Gasteiger partial charge in [0.2, 0.25) is 5.28 Å². The number of fused-ring (bicyclic) bond motifs is 1. The standard InChI is InChI=1S/C26H26ClN5O7/c1-2-17-12-19(32-15-28-20-21(29-25(27)30-22(20)32)31-8-10-37-11-9-31)39-18(17)14-38-26(23(33)34,24(35)36)13-16-6-4-3-5-7-16/h1,3-7,15,17-19H,8-14H2,(H,33,34)(H,35,36). The Hall–Kier alpha value is -3.76. The van der Waals surface area contributed by atoms with Crippen molar-refractivity contribution in [2.75, 3.05) is 37.8 Å². The van der Waals surface area contributed by atoms with Crippen LogP contribution in [0.2, 0.25) is 5.28 Å². The Morgan fingerprint density at radius 2 is 1.90 bits per heavy atom. The van der Waals surface area contributed by atoms with Gasteiger partial charge in [-0.3, -0.25) is 4.57 Å². The summed E-state index contributed by atoms with van der Waals surface area (Å²) in [6, 6.07) is 8.41. The highest BCUT2D eigenvalue weighted by Gasteiger charge is 2.50. The molecule has 0 radical (unpaired) electrons. The Labute approximate surface area is 228 Å². The van der Waals surface area contributed by atoms with Crippen molar-refractivity contribution >= 4 is 40.5 Å². The maximum absolute atomic E-state index is 12.2. The van der Waals surface area contributed by atoms with Crippen LogP contribution in [0.1, 0.15) is 18.2 Å². The van der Waals surface area contributed by atoms with Crippen molar-refractivity contribution in [3.8, 4) is 12.3 Å². The molecular weight excluding hydrogens is 530 g/mol. The highest BCUT2D eigenvalue weighted by atomic mass is 35.5. The van der Waals surface area contributed by atoms with Crippen LogP contribution in [0.5, 0.6) is 0 Å². The molecule has 3 aromatic rings. The minimum absolute atomic E-state index is 0.0470. The smallest absolute Gasteiger partial charge is 0.348 e. The molecule has 2 aliphatic rings. The van der Waals surface area contributed by atoms with Gasteiger partial charge >= 0.3 is 11.9 Å². The number of halogens is 1. The third-order valence-corrected chi connectivity index (χ3v) is 7.10. The minimum Gasteiger partial charge on any atom is -0.479 e.